The summed E-state index contributed by atoms with van der Waals surface area (Å²) in [6, 6.07) is 8.95. The van der Waals surface area contributed by atoms with Crippen LogP contribution in [-0.4, -0.2) is 70.0 Å². The van der Waals surface area contributed by atoms with E-state index in [1.165, 1.54) is 37.1 Å². The van der Waals surface area contributed by atoms with E-state index in [0.717, 1.165) is 77.8 Å². The smallest absolute Gasteiger partial charge is 0.191 e. The van der Waals surface area contributed by atoms with Gasteiger partial charge in [-0.3, -0.25) is 9.89 Å². The van der Waals surface area contributed by atoms with Crippen LogP contribution < -0.4 is 10.6 Å². The molecular formula is C26H44N4O2. The van der Waals surface area contributed by atoms with E-state index < -0.39 is 0 Å². The summed E-state index contributed by atoms with van der Waals surface area (Å²) in [6.45, 7) is 13.8. The lowest BCUT2D eigenvalue weighted by Crippen LogP contribution is -2.39. The molecule has 180 valence electrons. The number of aryl methyl sites for hydroxylation is 1. The van der Waals surface area contributed by atoms with E-state index in [1.807, 2.05) is 0 Å². The number of piperidine rings is 1. The molecule has 2 heterocycles. The maximum atomic E-state index is 5.87. The van der Waals surface area contributed by atoms with Gasteiger partial charge in [-0.25, -0.2) is 0 Å². The van der Waals surface area contributed by atoms with Crippen molar-refractivity contribution in [2.24, 2.45) is 16.8 Å². The zero-order valence-corrected chi connectivity index (χ0v) is 20.3. The van der Waals surface area contributed by atoms with E-state index in [4.69, 9.17) is 14.5 Å². The monoisotopic (exact) mass is 444 g/mol. The molecule has 0 saturated carbocycles. The lowest BCUT2D eigenvalue weighted by molar-refractivity contribution is 0.0203. The summed E-state index contributed by atoms with van der Waals surface area (Å²) in [5.41, 5.74) is 2.75. The first kappa shape index (κ1) is 25.0. The highest BCUT2D eigenvalue weighted by Gasteiger charge is 2.19. The van der Waals surface area contributed by atoms with Gasteiger partial charge in [0.25, 0.3) is 0 Å². The van der Waals surface area contributed by atoms with Crippen LogP contribution in [-0.2, 0) is 16.0 Å². The Morgan fingerprint density at radius 1 is 1.06 bits per heavy atom. The molecule has 0 spiro atoms. The number of nitrogens with zero attached hydrogens (tertiary/aromatic N) is 2. The lowest BCUT2D eigenvalue weighted by atomic mass is 9.96. The number of hydrogen-bond acceptors (Lipinski definition) is 4. The third kappa shape index (κ3) is 9.47. The van der Waals surface area contributed by atoms with Crippen molar-refractivity contribution in [2.45, 2.75) is 52.5 Å². The Balaban J connectivity index is 1.28. The van der Waals surface area contributed by atoms with Crippen molar-refractivity contribution in [1.29, 1.82) is 0 Å². The quantitative estimate of drug-likeness (QED) is 0.310. The first-order valence-corrected chi connectivity index (χ1v) is 12.7. The molecule has 0 atom stereocenters. The minimum atomic E-state index is 0.680. The summed E-state index contributed by atoms with van der Waals surface area (Å²) in [6.07, 6.45) is 5.75. The van der Waals surface area contributed by atoms with Gasteiger partial charge in [-0.1, -0.05) is 29.8 Å². The Bertz CT molecular complexity index is 650. The average Bonchev–Trinajstić information content (AvgIpc) is 2.82. The molecule has 1 aromatic rings. The van der Waals surface area contributed by atoms with Gasteiger partial charge in [0.1, 0.15) is 0 Å². The maximum absolute atomic E-state index is 5.87. The summed E-state index contributed by atoms with van der Waals surface area (Å²) in [5.74, 6) is 2.31. The third-order valence-electron chi connectivity index (χ3n) is 6.54. The summed E-state index contributed by atoms with van der Waals surface area (Å²) < 4.78 is 11.3. The molecule has 2 N–H and O–H groups in total. The van der Waals surface area contributed by atoms with Crippen molar-refractivity contribution < 1.29 is 9.47 Å². The maximum Gasteiger partial charge on any atom is 0.191 e. The highest BCUT2D eigenvalue weighted by Crippen LogP contribution is 2.19. The second kappa shape index (κ2) is 14.5. The van der Waals surface area contributed by atoms with Crippen molar-refractivity contribution in [1.82, 2.24) is 15.5 Å². The first-order valence-electron chi connectivity index (χ1n) is 12.7. The number of benzene rings is 1. The molecule has 6 heteroatoms. The van der Waals surface area contributed by atoms with Gasteiger partial charge in [-0.05, 0) is 76.4 Å². The highest BCUT2D eigenvalue weighted by molar-refractivity contribution is 5.79. The Morgan fingerprint density at radius 2 is 1.81 bits per heavy atom. The number of nitrogens with one attached hydrogen (secondary N) is 2. The van der Waals surface area contributed by atoms with Gasteiger partial charge in [-0.15, -0.1) is 0 Å². The molecule has 2 aliphatic heterocycles. The number of hydrogen-bond donors (Lipinski definition) is 2. The van der Waals surface area contributed by atoms with Gasteiger partial charge in [0.05, 0.1) is 0 Å². The van der Waals surface area contributed by atoms with E-state index in [2.05, 4.69) is 53.6 Å². The molecule has 2 aliphatic rings. The van der Waals surface area contributed by atoms with Crippen LogP contribution in [0, 0.1) is 18.8 Å². The van der Waals surface area contributed by atoms with Gasteiger partial charge in [0, 0.05) is 52.6 Å². The van der Waals surface area contributed by atoms with Crippen molar-refractivity contribution in [3.05, 3.63) is 35.4 Å². The van der Waals surface area contributed by atoms with Crippen molar-refractivity contribution in [3.8, 4) is 0 Å². The van der Waals surface area contributed by atoms with E-state index in [-0.39, 0.29) is 0 Å². The molecule has 0 radical (unpaired) electrons. The molecule has 0 bridgehead atoms. The first-order chi connectivity index (χ1) is 15.7. The summed E-state index contributed by atoms with van der Waals surface area (Å²) >= 11 is 0. The van der Waals surface area contributed by atoms with E-state index in [1.54, 1.807) is 0 Å². The molecular weight excluding hydrogens is 400 g/mol. The number of ether oxygens (including phenoxy) is 2. The number of likely N-dealkylation sites (tertiary alicyclic amines) is 1. The second-order valence-electron chi connectivity index (χ2n) is 9.34. The minimum absolute atomic E-state index is 0.680. The van der Waals surface area contributed by atoms with Crippen LogP contribution >= 0.6 is 0 Å². The molecule has 0 aliphatic carbocycles. The van der Waals surface area contributed by atoms with E-state index >= 15 is 0 Å². The number of guanidine groups is 1. The molecule has 1 aromatic carbocycles. The normalized spacial score (nSPS) is 19.2. The molecule has 0 amide bonds. The van der Waals surface area contributed by atoms with Crippen LogP contribution in [0.5, 0.6) is 0 Å². The van der Waals surface area contributed by atoms with Crippen molar-refractivity contribution >= 4 is 5.96 Å². The molecule has 3 rings (SSSR count). The van der Waals surface area contributed by atoms with Gasteiger partial charge in [0.15, 0.2) is 5.96 Å². The summed E-state index contributed by atoms with van der Waals surface area (Å²) in [7, 11) is 0. The fourth-order valence-electron chi connectivity index (χ4n) is 4.39. The summed E-state index contributed by atoms with van der Waals surface area (Å²) in [5, 5.41) is 6.86. The van der Waals surface area contributed by atoms with Gasteiger partial charge in [-0.2, -0.15) is 0 Å². The fourth-order valence-corrected chi connectivity index (χ4v) is 4.39. The predicted octanol–water partition coefficient (Wildman–Crippen LogP) is 3.60. The SMILES string of the molecule is CCNC(=NCC1CCN(Cc2ccc(C)cc2)CC1)NCCCOCC1CCOCC1. The zero-order chi connectivity index (χ0) is 22.4. The number of aliphatic imine (C=N–C) groups is 1. The zero-order valence-electron chi connectivity index (χ0n) is 20.3. The molecule has 2 fully saturated rings. The molecule has 6 nitrogen and oxygen atoms in total. The largest absolute Gasteiger partial charge is 0.381 e. The number of rotatable bonds is 11. The van der Waals surface area contributed by atoms with Crippen molar-refractivity contribution in [3.63, 3.8) is 0 Å². The van der Waals surface area contributed by atoms with Crippen LogP contribution in [0.1, 0.15) is 50.2 Å². The lowest BCUT2D eigenvalue weighted by Gasteiger charge is -2.31. The van der Waals surface area contributed by atoms with Crippen LogP contribution in [0.4, 0.5) is 0 Å². The van der Waals surface area contributed by atoms with Crippen LogP contribution in [0.3, 0.4) is 0 Å². The van der Waals surface area contributed by atoms with Crippen molar-refractivity contribution in [2.75, 3.05) is 59.2 Å². The van der Waals surface area contributed by atoms with Gasteiger partial charge in [0.2, 0.25) is 0 Å². The summed E-state index contributed by atoms with van der Waals surface area (Å²) in [4.78, 5) is 7.45. The third-order valence-corrected chi connectivity index (χ3v) is 6.54. The highest BCUT2D eigenvalue weighted by atomic mass is 16.5. The Morgan fingerprint density at radius 3 is 2.53 bits per heavy atom. The standard InChI is InChI=1S/C26H44N4O2/c1-3-27-26(28-13-4-16-32-21-25-11-17-31-18-12-25)29-19-23-9-14-30(15-10-23)20-24-7-5-22(2)6-8-24/h5-8,23,25H,3-4,9-21H2,1-2H3,(H2,27,28,29). The molecule has 32 heavy (non-hydrogen) atoms. The van der Waals surface area contributed by atoms with E-state index in [9.17, 15) is 0 Å². The Hall–Kier alpha value is -1.63. The molecule has 0 unspecified atom stereocenters. The van der Waals surface area contributed by atoms with Gasteiger partial charge >= 0.3 is 0 Å². The molecule has 2 saturated heterocycles. The van der Waals surface area contributed by atoms with Gasteiger partial charge < -0.3 is 20.1 Å². The Kier molecular flexibility index (Phi) is 11.3. The predicted molar refractivity (Wildman–Crippen MR) is 132 cm³/mol. The van der Waals surface area contributed by atoms with Crippen LogP contribution in [0.2, 0.25) is 0 Å². The minimum Gasteiger partial charge on any atom is -0.381 e. The van der Waals surface area contributed by atoms with Crippen LogP contribution in [0.25, 0.3) is 0 Å². The van der Waals surface area contributed by atoms with E-state index in [0.29, 0.717) is 11.8 Å². The topological polar surface area (TPSA) is 58.1 Å². The Labute approximate surface area is 195 Å². The average molecular weight is 445 g/mol. The fraction of sp³-hybridized carbons (Fsp3) is 0.731. The second-order valence-corrected chi connectivity index (χ2v) is 9.34. The molecule has 0 aromatic heterocycles. The van der Waals surface area contributed by atoms with Crippen LogP contribution in [0.15, 0.2) is 29.3 Å².